The van der Waals surface area contributed by atoms with E-state index in [9.17, 15) is 4.79 Å². The van der Waals surface area contributed by atoms with Crippen molar-refractivity contribution in [3.63, 3.8) is 0 Å². The predicted octanol–water partition coefficient (Wildman–Crippen LogP) is 1.33. The number of carbonyl (C=O) groups excluding carboxylic acids is 1. The second kappa shape index (κ2) is 6.47. The number of esters is 1. The van der Waals surface area contributed by atoms with Gasteiger partial charge >= 0.3 is 5.97 Å². The zero-order valence-corrected chi connectivity index (χ0v) is 9.29. The van der Waals surface area contributed by atoms with Crippen LogP contribution in [0.25, 0.3) is 0 Å². The fraction of sp³-hybridized carbons (Fsp3) is 0.750. The molecule has 0 aromatic rings. The lowest BCUT2D eigenvalue weighted by Crippen LogP contribution is -2.35. The third-order valence-corrected chi connectivity index (χ3v) is 2.84. The Hall–Kier alpha value is -1.01. The highest BCUT2D eigenvalue weighted by atomic mass is 16.5. The molecule has 84 valence electrons. The van der Waals surface area contributed by atoms with Gasteiger partial charge in [0.05, 0.1) is 19.1 Å². The minimum absolute atomic E-state index is 0.0344. The number of hydrogen-bond acceptors (Lipinski definition) is 3. The van der Waals surface area contributed by atoms with Gasteiger partial charge in [-0.1, -0.05) is 5.92 Å². The van der Waals surface area contributed by atoms with Crippen molar-refractivity contribution < 1.29 is 9.53 Å². The first-order valence-corrected chi connectivity index (χ1v) is 5.61. The summed E-state index contributed by atoms with van der Waals surface area (Å²) in [4.78, 5) is 11.4. The van der Waals surface area contributed by atoms with E-state index in [4.69, 9.17) is 11.2 Å². The lowest BCUT2D eigenvalue weighted by molar-refractivity contribution is -0.149. The molecule has 3 nitrogen and oxygen atoms in total. The van der Waals surface area contributed by atoms with Crippen LogP contribution in [-0.4, -0.2) is 25.2 Å². The van der Waals surface area contributed by atoms with E-state index in [1.165, 1.54) is 0 Å². The average molecular weight is 209 g/mol. The molecule has 15 heavy (non-hydrogen) atoms. The minimum Gasteiger partial charge on any atom is -0.466 e. The number of rotatable bonds is 4. The van der Waals surface area contributed by atoms with E-state index >= 15 is 0 Å². The Morgan fingerprint density at radius 1 is 1.47 bits per heavy atom. The maximum absolute atomic E-state index is 11.4. The molecular weight excluding hydrogens is 190 g/mol. The van der Waals surface area contributed by atoms with Gasteiger partial charge in [0.2, 0.25) is 0 Å². The van der Waals surface area contributed by atoms with Gasteiger partial charge in [0.1, 0.15) is 0 Å². The van der Waals surface area contributed by atoms with Gasteiger partial charge in [-0.2, -0.15) is 0 Å². The van der Waals surface area contributed by atoms with Crippen LogP contribution in [0.15, 0.2) is 0 Å². The quantitative estimate of drug-likeness (QED) is 0.561. The molecule has 1 saturated carbocycles. The van der Waals surface area contributed by atoms with Crippen LogP contribution in [0.2, 0.25) is 0 Å². The number of carbonyl (C=O) groups is 1. The fourth-order valence-electron chi connectivity index (χ4n) is 2.00. The Kier molecular flexibility index (Phi) is 5.20. The molecular formula is C12H19NO2. The molecule has 3 heteroatoms. The Morgan fingerprint density at radius 2 is 2.13 bits per heavy atom. The molecule has 1 fully saturated rings. The molecule has 0 saturated heterocycles. The van der Waals surface area contributed by atoms with E-state index in [1.54, 1.807) is 0 Å². The average Bonchev–Trinajstić information content (AvgIpc) is 2.27. The molecule has 1 N–H and O–H groups in total. The summed E-state index contributed by atoms with van der Waals surface area (Å²) in [5.41, 5.74) is 0. The molecule has 0 radical (unpaired) electrons. The Morgan fingerprint density at radius 3 is 2.67 bits per heavy atom. The third-order valence-electron chi connectivity index (χ3n) is 2.84. The number of hydrogen-bond donors (Lipinski definition) is 1. The van der Waals surface area contributed by atoms with Crippen molar-refractivity contribution in [1.82, 2.24) is 5.32 Å². The summed E-state index contributed by atoms with van der Waals surface area (Å²) >= 11 is 0. The van der Waals surface area contributed by atoms with E-state index in [2.05, 4.69) is 11.2 Å². The molecule has 0 atom stereocenters. The van der Waals surface area contributed by atoms with Crippen molar-refractivity contribution in [2.24, 2.45) is 5.92 Å². The van der Waals surface area contributed by atoms with Crippen LogP contribution >= 0.6 is 0 Å². The lowest BCUT2D eigenvalue weighted by Gasteiger charge is -2.27. The minimum atomic E-state index is -0.0344. The second-order valence-electron chi connectivity index (χ2n) is 3.89. The number of ether oxygens (including phenoxy) is 1. The molecule has 0 bridgehead atoms. The zero-order valence-electron chi connectivity index (χ0n) is 9.29. The monoisotopic (exact) mass is 209 g/mol. The molecule has 0 amide bonds. The fourth-order valence-corrected chi connectivity index (χ4v) is 2.00. The molecule has 1 aliphatic carbocycles. The summed E-state index contributed by atoms with van der Waals surface area (Å²) in [6.45, 7) is 2.95. The first-order valence-electron chi connectivity index (χ1n) is 5.61. The Bertz CT molecular complexity index is 236. The molecule has 0 aromatic heterocycles. The number of terminal acetylenes is 1. The summed E-state index contributed by atoms with van der Waals surface area (Å²) in [5, 5.41) is 3.27. The summed E-state index contributed by atoms with van der Waals surface area (Å²) in [7, 11) is 0. The normalized spacial score (nSPS) is 25.6. The number of nitrogens with one attached hydrogen (secondary N) is 1. The van der Waals surface area contributed by atoms with Gasteiger partial charge in [-0.15, -0.1) is 6.42 Å². The van der Waals surface area contributed by atoms with Crippen molar-refractivity contribution in [2.75, 3.05) is 13.2 Å². The molecule has 0 spiro atoms. The molecule has 0 aromatic carbocycles. The van der Waals surface area contributed by atoms with Crippen LogP contribution in [0.4, 0.5) is 0 Å². The predicted molar refractivity (Wildman–Crippen MR) is 59.2 cm³/mol. The largest absolute Gasteiger partial charge is 0.466 e. The lowest BCUT2D eigenvalue weighted by atomic mass is 9.86. The topological polar surface area (TPSA) is 38.3 Å². The van der Waals surface area contributed by atoms with Crippen LogP contribution in [0.1, 0.15) is 32.6 Å². The van der Waals surface area contributed by atoms with Gasteiger partial charge in [0.15, 0.2) is 0 Å². The highest BCUT2D eigenvalue weighted by Crippen LogP contribution is 2.25. The maximum Gasteiger partial charge on any atom is 0.308 e. The molecule has 1 rings (SSSR count). The summed E-state index contributed by atoms with van der Waals surface area (Å²) < 4.78 is 5.01. The van der Waals surface area contributed by atoms with E-state index < -0.39 is 0 Å². The van der Waals surface area contributed by atoms with Gasteiger partial charge in [-0.25, -0.2) is 0 Å². The molecule has 0 heterocycles. The van der Waals surface area contributed by atoms with Gasteiger partial charge in [0.25, 0.3) is 0 Å². The van der Waals surface area contributed by atoms with Crippen LogP contribution in [-0.2, 0) is 9.53 Å². The van der Waals surface area contributed by atoms with E-state index in [-0.39, 0.29) is 11.9 Å². The van der Waals surface area contributed by atoms with Crippen LogP contribution in [0, 0.1) is 18.3 Å². The van der Waals surface area contributed by atoms with Gasteiger partial charge in [-0.3, -0.25) is 4.79 Å². The van der Waals surface area contributed by atoms with Gasteiger partial charge < -0.3 is 10.1 Å². The van der Waals surface area contributed by atoms with Crippen LogP contribution in [0.5, 0.6) is 0 Å². The first-order chi connectivity index (χ1) is 7.27. The SMILES string of the molecule is C#CCNC1CCC(C(=O)OCC)CC1. The van der Waals surface area contributed by atoms with E-state index in [0.717, 1.165) is 25.7 Å². The summed E-state index contributed by atoms with van der Waals surface area (Å²) in [6.07, 6.45) is 9.05. The molecule has 0 aliphatic heterocycles. The third kappa shape index (κ3) is 3.93. The van der Waals surface area contributed by atoms with Gasteiger partial charge in [-0.05, 0) is 32.6 Å². The van der Waals surface area contributed by atoms with Crippen molar-refractivity contribution in [2.45, 2.75) is 38.6 Å². The van der Waals surface area contributed by atoms with Crippen molar-refractivity contribution in [3.8, 4) is 12.3 Å². The van der Waals surface area contributed by atoms with Crippen molar-refractivity contribution in [1.29, 1.82) is 0 Å². The first kappa shape index (κ1) is 12.1. The maximum atomic E-state index is 11.4. The van der Waals surface area contributed by atoms with Crippen LogP contribution < -0.4 is 5.32 Å². The zero-order chi connectivity index (χ0) is 11.1. The molecule has 0 unspecified atom stereocenters. The second-order valence-corrected chi connectivity index (χ2v) is 3.89. The standard InChI is InChI=1S/C12H19NO2/c1-3-9-13-11-7-5-10(6-8-11)12(14)15-4-2/h1,10-11,13H,4-9H2,2H3. The van der Waals surface area contributed by atoms with Crippen molar-refractivity contribution >= 4 is 5.97 Å². The van der Waals surface area contributed by atoms with Crippen LogP contribution in [0.3, 0.4) is 0 Å². The Labute approximate surface area is 91.6 Å². The summed E-state index contributed by atoms with van der Waals surface area (Å²) in [6, 6.07) is 0.478. The highest BCUT2D eigenvalue weighted by molar-refractivity contribution is 5.72. The molecule has 1 aliphatic rings. The van der Waals surface area contributed by atoms with Crippen molar-refractivity contribution in [3.05, 3.63) is 0 Å². The smallest absolute Gasteiger partial charge is 0.308 e. The van der Waals surface area contributed by atoms with E-state index in [0.29, 0.717) is 19.2 Å². The van der Waals surface area contributed by atoms with E-state index in [1.807, 2.05) is 6.92 Å². The highest BCUT2D eigenvalue weighted by Gasteiger charge is 2.26. The Balaban J connectivity index is 2.23. The van der Waals surface area contributed by atoms with Gasteiger partial charge in [0, 0.05) is 6.04 Å². The summed E-state index contributed by atoms with van der Waals surface area (Å²) in [5.74, 6) is 2.64.